The molecular formula is C16H13F3N2O3S. The van der Waals surface area contributed by atoms with Crippen LogP contribution in [0.5, 0.6) is 5.75 Å². The molecule has 5 nitrogen and oxygen atoms in total. The Morgan fingerprint density at radius 1 is 1.32 bits per heavy atom. The predicted molar refractivity (Wildman–Crippen MR) is 86.5 cm³/mol. The molecule has 0 bridgehead atoms. The van der Waals surface area contributed by atoms with E-state index >= 15 is 0 Å². The molecule has 2 aromatic heterocycles. The molecule has 3 aromatic rings. The lowest BCUT2D eigenvalue weighted by Crippen LogP contribution is -2.14. The first kappa shape index (κ1) is 17.3. The first-order chi connectivity index (χ1) is 11.6. The fourth-order valence-electron chi connectivity index (χ4n) is 2.77. The second kappa shape index (κ2) is 5.76. The normalized spacial score (nSPS) is 11.9. The van der Waals surface area contributed by atoms with E-state index in [1.807, 2.05) is 0 Å². The fourth-order valence-corrected chi connectivity index (χ4v) is 3.76. The minimum absolute atomic E-state index is 0.00861. The zero-order chi connectivity index (χ0) is 18.5. The minimum atomic E-state index is -4.85. The van der Waals surface area contributed by atoms with Gasteiger partial charge in [-0.05, 0) is 37.6 Å². The third kappa shape index (κ3) is 2.74. The molecule has 0 fully saturated rings. The number of alkyl halides is 3. The number of rotatable bonds is 3. The number of benzene rings is 1. The van der Waals surface area contributed by atoms with E-state index in [9.17, 15) is 23.1 Å². The van der Waals surface area contributed by atoms with E-state index in [2.05, 4.69) is 4.98 Å². The summed E-state index contributed by atoms with van der Waals surface area (Å²) in [5.74, 6) is -1.04. The van der Waals surface area contributed by atoms with Crippen molar-refractivity contribution in [3.8, 4) is 17.0 Å². The van der Waals surface area contributed by atoms with Crippen LogP contribution in [0.15, 0.2) is 18.2 Å². The Kier molecular flexibility index (Phi) is 3.98. The highest BCUT2D eigenvalue weighted by atomic mass is 32.1. The maximum atomic E-state index is 13.2. The third-order valence-corrected chi connectivity index (χ3v) is 4.74. The summed E-state index contributed by atoms with van der Waals surface area (Å²) in [7, 11) is 1.52. The van der Waals surface area contributed by atoms with Crippen molar-refractivity contribution in [2.45, 2.75) is 20.0 Å². The standard InChI is InChI=1S/C16H13F3N2O3S/c1-7-6-9(4-5-10(7)24-3)11-8(2)25-15-20-13(16(17,18)19)12(14(22)23)21(11)15/h4-6H,1-3H3,(H,22,23). The van der Waals surface area contributed by atoms with Gasteiger partial charge in [-0.1, -0.05) is 0 Å². The van der Waals surface area contributed by atoms with E-state index in [0.717, 1.165) is 21.3 Å². The summed E-state index contributed by atoms with van der Waals surface area (Å²) in [5.41, 5.74) is -0.512. The number of ether oxygens (including phenoxy) is 1. The minimum Gasteiger partial charge on any atom is -0.496 e. The van der Waals surface area contributed by atoms with Crippen LogP contribution < -0.4 is 4.74 Å². The number of aromatic carboxylic acids is 1. The van der Waals surface area contributed by atoms with Gasteiger partial charge in [-0.3, -0.25) is 4.40 Å². The molecule has 25 heavy (non-hydrogen) atoms. The van der Waals surface area contributed by atoms with Crippen LogP contribution in [0.1, 0.15) is 26.6 Å². The number of aromatic nitrogens is 2. The SMILES string of the molecule is COc1ccc(-c2c(C)sc3nc(C(F)(F)F)c(C(=O)O)n23)cc1C. The molecule has 0 amide bonds. The van der Waals surface area contributed by atoms with Gasteiger partial charge in [-0.2, -0.15) is 13.2 Å². The summed E-state index contributed by atoms with van der Waals surface area (Å²) in [6, 6.07) is 5.11. The van der Waals surface area contributed by atoms with E-state index in [4.69, 9.17) is 4.74 Å². The van der Waals surface area contributed by atoms with Crippen LogP contribution in [-0.2, 0) is 6.18 Å². The van der Waals surface area contributed by atoms with Crippen LogP contribution >= 0.6 is 11.3 Å². The number of carboxylic acids is 1. The fraction of sp³-hybridized carbons (Fsp3) is 0.250. The number of carboxylic acid groups (broad SMARTS) is 1. The van der Waals surface area contributed by atoms with Crippen molar-refractivity contribution >= 4 is 22.3 Å². The predicted octanol–water partition coefficient (Wildman–Crippen LogP) is 4.41. The molecule has 0 atom stereocenters. The van der Waals surface area contributed by atoms with E-state index in [1.54, 1.807) is 32.0 Å². The van der Waals surface area contributed by atoms with E-state index in [-0.39, 0.29) is 4.96 Å². The van der Waals surface area contributed by atoms with Gasteiger partial charge in [0.15, 0.2) is 16.3 Å². The third-order valence-electron chi connectivity index (χ3n) is 3.79. The van der Waals surface area contributed by atoms with Crippen molar-refractivity contribution in [2.24, 2.45) is 0 Å². The number of fused-ring (bicyclic) bond motifs is 1. The number of carbonyl (C=O) groups is 1. The number of halogens is 3. The molecule has 0 spiro atoms. The number of methoxy groups -OCH3 is 1. The smallest absolute Gasteiger partial charge is 0.435 e. The van der Waals surface area contributed by atoms with Gasteiger partial charge in [-0.15, -0.1) is 11.3 Å². The molecule has 0 unspecified atom stereocenters. The Bertz CT molecular complexity index is 989. The molecule has 1 N–H and O–H groups in total. The Labute approximate surface area is 144 Å². The lowest BCUT2D eigenvalue weighted by atomic mass is 10.1. The van der Waals surface area contributed by atoms with E-state index in [1.165, 1.54) is 7.11 Å². The zero-order valence-electron chi connectivity index (χ0n) is 13.4. The van der Waals surface area contributed by atoms with Crippen LogP contribution in [0, 0.1) is 13.8 Å². The molecule has 0 saturated heterocycles. The molecule has 9 heteroatoms. The molecule has 0 aliphatic rings. The van der Waals surface area contributed by atoms with Crippen LogP contribution in [-0.4, -0.2) is 27.6 Å². The van der Waals surface area contributed by atoms with Gasteiger partial charge < -0.3 is 9.84 Å². The van der Waals surface area contributed by atoms with Crippen molar-refractivity contribution in [1.82, 2.24) is 9.38 Å². The van der Waals surface area contributed by atoms with E-state index in [0.29, 0.717) is 21.9 Å². The van der Waals surface area contributed by atoms with Gasteiger partial charge in [0.1, 0.15) is 5.75 Å². The number of imidazole rings is 1. The Hall–Kier alpha value is -2.55. The Morgan fingerprint density at radius 3 is 2.52 bits per heavy atom. The second-order valence-corrected chi connectivity index (χ2v) is 6.60. The topological polar surface area (TPSA) is 63.8 Å². The lowest BCUT2D eigenvalue weighted by Gasteiger charge is -2.09. The van der Waals surface area contributed by atoms with Gasteiger partial charge >= 0.3 is 12.1 Å². The average Bonchev–Trinajstić information content (AvgIpc) is 3.01. The highest BCUT2D eigenvalue weighted by Gasteiger charge is 2.41. The zero-order valence-corrected chi connectivity index (χ0v) is 14.2. The highest BCUT2D eigenvalue weighted by Crippen LogP contribution is 2.39. The summed E-state index contributed by atoms with van der Waals surface area (Å²) < 4.78 is 45.8. The lowest BCUT2D eigenvalue weighted by molar-refractivity contribution is -0.141. The molecule has 132 valence electrons. The number of hydrogen-bond donors (Lipinski definition) is 1. The summed E-state index contributed by atoms with van der Waals surface area (Å²) in [6.45, 7) is 3.52. The molecule has 1 aromatic carbocycles. The van der Waals surface area contributed by atoms with Crippen molar-refractivity contribution in [3.63, 3.8) is 0 Å². The van der Waals surface area contributed by atoms with Crippen molar-refractivity contribution in [1.29, 1.82) is 0 Å². The largest absolute Gasteiger partial charge is 0.496 e. The molecule has 3 rings (SSSR count). The summed E-state index contributed by atoms with van der Waals surface area (Å²) in [4.78, 5) is 15.7. The highest BCUT2D eigenvalue weighted by molar-refractivity contribution is 7.17. The van der Waals surface area contributed by atoms with Crippen LogP contribution in [0.4, 0.5) is 13.2 Å². The molecular weight excluding hydrogens is 357 g/mol. The van der Waals surface area contributed by atoms with Gasteiger partial charge in [-0.25, -0.2) is 9.78 Å². The van der Waals surface area contributed by atoms with Gasteiger partial charge in [0.25, 0.3) is 0 Å². The molecule has 0 aliphatic carbocycles. The van der Waals surface area contributed by atoms with Gasteiger partial charge in [0.05, 0.1) is 12.8 Å². The first-order valence-electron chi connectivity index (χ1n) is 7.12. The first-order valence-corrected chi connectivity index (χ1v) is 7.94. The molecule has 0 aliphatic heterocycles. The molecule has 2 heterocycles. The van der Waals surface area contributed by atoms with Crippen LogP contribution in [0.3, 0.4) is 0 Å². The van der Waals surface area contributed by atoms with Crippen LogP contribution in [0.2, 0.25) is 0 Å². The molecule has 0 saturated carbocycles. The Balaban J connectivity index is 2.36. The van der Waals surface area contributed by atoms with Crippen molar-refractivity contribution in [2.75, 3.05) is 7.11 Å². The quantitative estimate of drug-likeness (QED) is 0.742. The number of nitrogens with zero attached hydrogens (tertiary/aromatic N) is 2. The summed E-state index contributed by atoms with van der Waals surface area (Å²) in [5, 5.41) is 9.36. The van der Waals surface area contributed by atoms with Gasteiger partial charge in [0.2, 0.25) is 0 Å². The summed E-state index contributed by atoms with van der Waals surface area (Å²) >= 11 is 1.02. The number of aryl methyl sites for hydroxylation is 2. The van der Waals surface area contributed by atoms with Crippen molar-refractivity contribution < 1.29 is 27.8 Å². The van der Waals surface area contributed by atoms with E-state index < -0.39 is 23.5 Å². The molecule has 0 radical (unpaired) electrons. The number of hydrogen-bond acceptors (Lipinski definition) is 4. The maximum absolute atomic E-state index is 13.2. The van der Waals surface area contributed by atoms with Crippen molar-refractivity contribution in [3.05, 3.63) is 40.0 Å². The number of thiazole rings is 1. The summed E-state index contributed by atoms with van der Waals surface area (Å²) in [6.07, 6.45) is -4.85. The van der Waals surface area contributed by atoms with Crippen LogP contribution in [0.25, 0.3) is 16.2 Å². The Morgan fingerprint density at radius 2 is 2.00 bits per heavy atom. The van der Waals surface area contributed by atoms with Gasteiger partial charge in [0, 0.05) is 10.4 Å². The maximum Gasteiger partial charge on any atom is 0.435 e. The monoisotopic (exact) mass is 370 g/mol. The second-order valence-electron chi connectivity index (χ2n) is 5.42. The average molecular weight is 370 g/mol.